The molecule has 2 aromatic rings. The first-order valence-electron chi connectivity index (χ1n) is 7.23. The standard InChI is InChI=1S/C16H23N3O2/c1-4-20-16-9-13(10-17-2)5-6-15(16)21-8-7-14-11-18-19(3)12-14/h5-6,9,11-12,17H,4,7-8,10H2,1-3H3. The molecule has 0 fully saturated rings. The molecule has 21 heavy (non-hydrogen) atoms. The number of nitrogens with one attached hydrogen (secondary N) is 1. The van der Waals surface area contributed by atoms with Crippen molar-refractivity contribution in [3.05, 3.63) is 41.7 Å². The number of rotatable bonds is 8. The second-order valence-corrected chi connectivity index (χ2v) is 4.87. The molecule has 0 spiro atoms. The molecular weight excluding hydrogens is 266 g/mol. The third kappa shape index (κ3) is 4.49. The van der Waals surface area contributed by atoms with Gasteiger partial charge in [0.1, 0.15) is 0 Å². The lowest BCUT2D eigenvalue weighted by Gasteiger charge is -2.13. The summed E-state index contributed by atoms with van der Waals surface area (Å²) < 4.78 is 13.3. The molecule has 2 rings (SSSR count). The predicted molar refractivity (Wildman–Crippen MR) is 82.8 cm³/mol. The number of benzene rings is 1. The molecule has 0 unspecified atom stereocenters. The summed E-state index contributed by atoms with van der Waals surface area (Å²) >= 11 is 0. The Morgan fingerprint density at radius 1 is 1.19 bits per heavy atom. The molecule has 1 aromatic heterocycles. The summed E-state index contributed by atoms with van der Waals surface area (Å²) in [4.78, 5) is 0. The van der Waals surface area contributed by atoms with Crippen LogP contribution in [-0.2, 0) is 20.0 Å². The molecule has 0 radical (unpaired) electrons. The van der Waals surface area contributed by atoms with E-state index in [-0.39, 0.29) is 0 Å². The molecule has 0 amide bonds. The van der Waals surface area contributed by atoms with Crippen molar-refractivity contribution in [1.29, 1.82) is 0 Å². The van der Waals surface area contributed by atoms with Crippen molar-refractivity contribution in [2.45, 2.75) is 19.9 Å². The second-order valence-electron chi connectivity index (χ2n) is 4.87. The van der Waals surface area contributed by atoms with E-state index in [1.807, 2.05) is 45.5 Å². The van der Waals surface area contributed by atoms with E-state index in [0.717, 1.165) is 24.5 Å². The first-order valence-corrected chi connectivity index (χ1v) is 7.23. The van der Waals surface area contributed by atoms with Crippen LogP contribution < -0.4 is 14.8 Å². The number of aromatic nitrogens is 2. The Balaban J connectivity index is 1.97. The van der Waals surface area contributed by atoms with Crippen LogP contribution in [0.5, 0.6) is 11.5 Å². The van der Waals surface area contributed by atoms with Gasteiger partial charge >= 0.3 is 0 Å². The highest BCUT2D eigenvalue weighted by Gasteiger charge is 2.07. The smallest absolute Gasteiger partial charge is 0.161 e. The van der Waals surface area contributed by atoms with Gasteiger partial charge in [0.2, 0.25) is 0 Å². The summed E-state index contributed by atoms with van der Waals surface area (Å²) in [6, 6.07) is 6.05. The Morgan fingerprint density at radius 3 is 2.71 bits per heavy atom. The number of nitrogens with zero attached hydrogens (tertiary/aromatic N) is 2. The van der Waals surface area contributed by atoms with Gasteiger partial charge in [0.05, 0.1) is 19.4 Å². The van der Waals surface area contributed by atoms with Gasteiger partial charge in [0.25, 0.3) is 0 Å². The molecule has 0 saturated carbocycles. The maximum absolute atomic E-state index is 5.85. The summed E-state index contributed by atoms with van der Waals surface area (Å²) in [5.74, 6) is 1.59. The number of hydrogen-bond donors (Lipinski definition) is 1. The van der Waals surface area contributed by atoms with Gasteiger partial charge in [-0.15, -0.1) is 0 Å². The van der Waals surface area contributed by atoms with Crippen LogP contribution in [-0.4, -0.2) is 30.0 Å². The van der Waals surface area contributed by atoms with Crippen molar-refractivity contribution in [3.8, 4) is 11.5 Å². The van der Waals surface area contributed by atoms with Crippen LogP contribution in [0.1, 0.15) is 18.1 Å². The van der Waals surface area contributed by atoms with Gasteiger partial charge in [-0.2, -0.15) is 5.10 Å². The normalized spacial score (nSPS) is 10.6. The minimum absolute atomic E-state index is 0.608. The zero-order valence-electron chi connectivity index (χ0n) is 12.9. The van der Waals surface area contributed by atoms with Gasteiger partial charge < -0.3 is 14.8 Å². The number of aryl methyl sites for hydroxylation is 1. The second kappa shape index (κ2) is 7.69. The van der Waals surface area contributed by atoms with Crippen molar-refractivity contribution in [2.75, 3.05) is 20.3 Å². The summed E-state index contributed by atoms with van der Waals surface area (Å²) in [7, 11) is 3.84. The maximum atomic E-state index is 5.85. The van der Waals surface area contributed by atoms with Crippen LogP contribution in [0.2, 0.25) is 0 Å². The summed E-state index contributed by atoms with van der Waals surface area (Å²) in [6.45, 7) is 4.03. The Labute approximate surface area is 125 Å². The third-order valence-corrected chi connectivity index (χ3v) is 3.10. The largest absolute Gasteiger partial charge is 0.490 e. The Morgan fingerprint density at radius 2 is 2.05 bits per heavy atom. The average Bonchev–Trinajstić information content (AvgIpc) is 2.87. The van der Waals surface area contributed by atoms with E-state index in [1.165, 1.54) is 11.1 Å². The fourth-order valence-corrected chi connectivity index (χ4v) is 2.13. The molecule has 0 saturated heterocycles. The Kier molecular flexibility index (Phi) is 5.63. The average molecular weight is 289 g/mol. The molecule has 0 aliphatic carbocycles. The van der Waals surface area contributed by atoms with Crippen LogP contribution in [0, 0.1) is 0 Å². The maximum Gasteiger partial charge on any atom is 0.161 e. The molecule has 0 aliphatic heterocycles. The van der Waals surface area contributed by atoms with Crippen LogP contribution in [0.4, 0.5) is 0 Å². The van der Waals surface area contributed by atoms with Crippen LogP contribution >= 0.6 is 0 Å². The third-order valence-electron chi connectivity index (χ3n) is 3.10. The van der Waals surface area contributed by atoms with Gasteiger partial charge in [-0.25, -0.2) is 0 Å². The first kappa shape index (κ1) is 15.4. The van der Waals surface area contributed by atoms with Gasteiger partial charge in [-0.1, -0.05) is 6.07 Å². The van der Waals surface area contributed by atoms with Crippen molar-refractivity contribution in [2.24, 2.45) is 7.05 Å². The fraction of sp³-hybridized carbons (Fsp3) is 0.438. The number of ether oxygens (including phenoxy) is 2. The lowest BCUT2D eigenvalue weighted by Crippen LogP contribution is -2.07. The zero-order valence-corrected chi connectivity index (χ0v) is 12.9. The molecular formula is C16H23N3O2. The lowest BCUT2D eigenvalue weighted by atomic mass is 10.2. The molecule has 0 aliphatic rings. The molecule has 5 heteroatoms. The number of hydrogen-bond acceptors (Lipinski definition) is 4. The molecule has 5 nitrogen and oxygen atoms in total. The minimum Gasteiger partial charge on any atom is -0.490 e. The SMILES string of the molecule is CCOc1cc(CNC)ccc1OCCc1cnn(C)c1. The van der Waals surface area contributed by atoms with Crippen LogP contribution in [0.25, 0.3) is 0 Å². The summed E-state index contributed by atoms with van der Waals surface area (Å²) in [6.07, 6.45) is 4.70. The molecule has 1 aromatic carbocycles. The quantitative estimate of drug-likeness (QED) is 0.809. The monoisotopic (exact) mass is 289 g/mol. The summed E-state index contributed by atoms with van der Waals surface area (Å²) in [5.41, 5.74) is 2.35. The van der Waals surface area contributed by atoms with Crippen LogP contribution in [0.15, 0.2) is 30.6 Å². The van der Waals surface area contributed by atoms with Crippen molar-refractivity contribution < 1.29 is 9.47 Å². The van der Waals surface area contributed by atoms with Gasteiger partial charge in [-0.05, 0) is 37.2 Å². The lowest BCUT2D eigenvalue weighted by molar-refractivity contribution is 0.279. The van der Waals surface area contributed by atoms with Gasteiger partial charge in [0.15, 0.2) is 11.5 Å². The molecule has 1 N–H and O–H groups in total. The first-order chi connectivity index (χ1) is 10.2. The summed E-state index contributed by atoms with van der Waals surface area (Å²) in [5, 5.41) is 7.28. The van der Waals surface area contributed by atoms with Crippen molar-refractivity contribution in [1.82, 2.24) is 15.1 Å². The zero-order chi connectivity index (χ0) is 15.1. The van der Waals surface area contributed by atoms with E-state index in [2.05, 4.69) is 16.5 Å². The van der Waals surface area contributed by atoms with E-state index >= 15 is 0 Å². The van der Waals surface area contributed by atoms with E-state index in [0.29, 0.717) is 13.2 Å². The van der Waals surface area contributed by atoms with Crippen molar-refractivity contribution in [3.63, 3.8) is 0 Å². The molecule has 114 valence electrons. The van der Waals surface area contributed by atoms with E-state index in [4.69, 9.17) is 9.47 Å². The highest BCUT2D eigenvalue weighted by Crippen LogP contribution is 2.28. The van der Waals surface area contributed by atoms with E-state index in [9.17, 15) is 0 Å². The van der Waals surface area contributed by atoms with Crippen molar-refractivity contribution >= 4 is 0 Å². The van der Waals surface area contributed by atoms with Crippen LogP contribution in [0.3, 0.4) is 0 Å². The topological polar surface area (TPSA) is 48.3 Å². The Bertz CT molecular complexity index is 566. The Hall–Kier alpha value is -2.01. The predicted octanol–water partition coefficient (Wildman–Crippen LogP) is 2.16. The van der Waals surface area contributed by atoms with Gasteiger partial charge in [-0.3, -0.25) is 4.68 Å². The molecule has 0 bridgehead atoms. The van der Waals surface area contributed by atoms with Gasteiger partial charge in [0, 0.05) is 26.2 Å². The van der Waals surface area contributed by atoms with E-state index in [1.54, 1.807) is 4.68 Å². The molecule has 1 heterocycles. The highest BCUT2D eigenvalue weighted by atomic mass is 16.5. The highest BCUT2D eigenvalue weighted by molar-refractivity contribution is 5.43. The minimum atomic E-state index is 0.608. The van der Waals surface area contributed by atoms with E-state index < -0.39 is 0 Å². The molecule has 0 atom stereocenters. The fourth-order valence-electron chi connectivity index (χ4n) is 2.13.